The zero-order valence-corrected chi connectivity index (χ0v) is 12.6. The molecule has 2 rings (SSSR count). The molecule has 2 aromatic rings. The van der Waals surface area contributed by atoms with Crippen LogP contribution in [0.15, 0.2) is 24.4 Å². The number of carbonyl (C=O) groups excluding carboxylic acids is 1. The highest BCUT2D eigenvalue weighted by atomic mass is 16.5. The van der Waals surface area contributed by atoms with Crippen molar-refractivity contribution in [1.82, 2.24) is 9.47 Å². The van der Waals surface area contributed by atoms with Gasteiger partial charge in [-0.15, -0.1) is 0 Å². The molecule has 0 radical (unpaired) electrons. The van der Waals surface area contributed by atoms with E-state index in [9.17, 15) is 4.79 Å². The summed E-state index contributed by atoms with van der Waals surface area (Å²) in [4.78, 5) is 14.2. The third-order valence-corrected chi connectivity index (χ3v) is 3.34. The van der Waals surface area contributed by atoms with Gasteiger partial charge in [0.15, 0.2) is 0 Å². The van der Waals surface area contributed by atoms with Crippen molar-refractivity contribution in [2.75, 3.05) is 27.2 Å². The van der Waals surface area contributed by atoms with Crippen LogP contribution in [0.5, 0.6) is 0 Å². The van der Waals surface area contributed by atoms with Gasteiger partial charge in [0.05, 0.1) is 12.1 Å². The Morgan fingerprint density at radius 1 is 1.35 bits per heavy atom. The molecular formula is C16H22N2O2. The van der Waals surface area contributed by atoms with E-state index in [1.807, 2.05) is 25.3 Å². The second-order valence-corrected chi connectivity index (χ2v) is 5.30. The van der Waals surface area contributed by atoms with Gasteiger partial charge < -0.3 is 9.64 Å². The van der Waals surface area contributed by atoms with Crippen LogP contribution >= 0.6 is 0 Å². The van der Waals surface area contributed by atoms with Crippen molar-refractivity contribution in [3.05, 3.63) is 35.5 Å². The molecule has 0 saturated carbocycles. The maximum Gasteiger partial charge on any atom is 0.418 e. The third-order valence-electron chi connectivity index (χ3n) is 3.34. The van der Waals surface area contributed by atoms with Gasteiger partial charge in [-0.1, -0.05) is 11.6 Å². The minimum atomic E-state index is -0.308. The number of carbonyl (C=O) groups is 1. The van der Waals surface area contributed by atoms with Gasteiger partial charge in [0, 0.05) is 18.1 Å². The number of aryl methyl sites for hydroxylation is 1. The maximum atomic E-state index is 12.0. The molecule has 0 unspecified atom stereocenters. The number of hydrogen-bond acceptors (Lipinski definition) is 3. The largest absolute Gasteiger partial charge is 0.449 e. The van der Waals surface area contributed by atoms with Gasteiger partial charge in [-0.05, 0) is 52.1 Å². The summed E-state index contributed by atoms with van der Waals surface area (Å²) >= 11 is 0. The molecule has 0 amide bonds. The Bertz CT molecular complexity index is 614. The summed E-state index contributed by atoms with van der Waals surface area (Å²) in [6.07, 6.45) is 2.52. The number of rotatable bonds is 4. The minimum absolute atomic E-state index is 0.308. The lowest BCUT2D eigenvalue weighted by Gasteiger charge is -2.08. The molecule has 1 aromatic carbocycles. The van der Waals surface area contributed by atoms with Crippen molar-refractivity contribution in [1.29, 1.82) is 0 Å². The van der Waals surface area contributed by atoms with E-state index in [0.717, 1.165) is 23.9 Å². The molecule has 0 fully saturated rings. The normalized spacial score (nSPS) is 11.2. The molecule has 0 aliphatic rings. The zero-order chi connectivity index (χ0) is 14.7. The summed E-state index contributed by atoms with van der Waals surface area (Å²) in [7, 11) is 4.10. The SMILES string of the molecule is CCOC(=O)n1cc(CCN(C)C)c2cc(C)ccc21. The predicted octanol–water partition coefficient (Wildman–Crippen LogP) is 3.06. The Balaban J connectivity index is 2.45. The average molecular weight is 274 g/mol. The molecule has 0 spiro atoms. The topological polar surface area (TPSA) is 34.5 Å². The quantitative estimate of drug-likeness (QED) is 0.859. The highest BCUT2D eigenvalue weighted by Crippen LogP contribution is 2.23. The number of nitrogens with zero attached hydrogens (tertiary/aromatic N) is 2. The second kappa shape index (κ2) is 6.09. The monoisotopic (exact) mass is 274 g/mol. The summed E-state index contributed by atoms with van der Waals surface area (Å²) in [5.74, 6) is 0. The molecular weight excluding hydrogens is 252 g/mol. The molecule has 4 heteroatoms. The smallest absolute Gasteiger partial charge is 0.418 e. The fraction of sp³-hybridized carbons (Fsp3) is 0.438. The summed E-state index contributed by atoms with van der Waals surface area (Å²) in [5, 5.41) is 1.14. The fourth-order valence-corrected chi connectivity index (χ4v) is 2.30. The number of likely N-dealkylation sites (N-methyl/N-ethyl adjacent to an activating group) is 1. The molecule has 0 aliphatic carbocycles. The first-order valence-corrected chi connectivity index (χ1v) is 6.95. The molecule has 0 atom stereocenters. The van der Waals surface area contributed by atoms with Crippen LogP contribution in [0.1, 0.15) is 18.1 Å². The first-order chi connectivity index (χ1) is 9.52. The molecule has 0 saturated heterocycles. The van der Waals surface area contributed by atoms with E-state index in [4.69, 9.17) is 4.74 Å². The van der Waals surface area contributed by atoms with Gasteiger partial charge in [-0.3, -0.25) is 4.57 Å². The van der Waals surface area contributed by atoms with Crippen LogP contribution in [-0.4, -0.2) is 42.8 Å². The van der Waals surface area contributed by atoms with E-state index in [1.54, 1.807) is 4.57 Å². The van der Waals surface area contributed by atoms with E-state index in [-0.39, 0.29) is 6.09 Å². The summed E-state index contributed by atoms with van der Waals surface area (Å²) < 4.78 is 6.73. The van der Waals surface area contributed by atoms with Crippen molar-refractivity contribution >= 4 is 17.0 Å². The lowest BCUT2D eigenvalue weighted by atomic mass is 10.1. The molecule has 4 nitrogen and oxygen atoms in total. The lowest BCUT2D eigenvalue weighted by Crippen LogP contribution is -2.15. The molecule has 0 bridgehead atoms. The van der Waals surface area contributed by atoms with E-state index >= 15 is 0 Å². The number of benzene rings is 1. The zero-order valence-electron chi connectivity index (χ0n) is 12.6. The lowest BCUT2D eigenvalue weighted by molar-refractivity contribution is 0.155. The highest BCUT2D eigenvalue weighted by Gasteiger charge is 2.14. The van der Waals surface area contributed by atoms with Crippen LogP contribution in [-0.2, 0) is 11.2 Å². The minimum Gasteiger partial charge on any atom is -0.449 e. The number of ether oxygens (including phenoxy) is 1. The summed E-state index contributed by atoms with van der Waals surface area (Å²) in [5.41, 5.74) is 3.30. The first-order valence-electron chi connectivity index (χ1n) is 6.95. The van der Waals surface area contributed by atoms with Crippen LogP contribution in [0.25, 0.3) is 10.9 Å². The van der Waals surface area contributed by atoms with Crippen LogP contribution in [0.4, 0.5) is 4.79 Å². The van der Waals surface area contributed by atoms with Gasteiger partial charge in [0.1, 0.15) is 0 Å². The average Bonchev–Trinajstić information content (AvgIpc) is 2.74. The Kier molecular flexibility index (Phi) is 4.45. The Labute approximate surface area is 119 Å². The highest BCUT2D eigenvalue weighted by molar-refractivity contribution is 5.92. The Hall–Kier alpha value is -1.81. The maximum absolute atomic E-state index is 12.0. The van der Waals surface area contributed by atoms with Gasteiger partial charge in [0.25, 0.3) is 0 Å². The fourth-order valence-electron chi connectivity index (χ4n) is 2.30. The van der Waals surface area contributed by atoms with Crippen molar-refractivity contribution < 1.29 is 9.53 Å². The Morgan fingerprint density at radius 3 is 2.75 bits per heavy atom. The molecule has 1 heterocycles. The van der Waals surface area contributed by atoms with E-state index in [2.05, 4.69) is 32.0 Å². The van der Waals surface area contributed by atoms with Gasteiger partial charge in [0.2, 0.25) is 0 Å². The third kappa shape index (κ3) is 3.02. The van der Waals surface area contributed by atoms with Crippen LogP contribution in [0, 0.1) is 6.92 Å². The Morgan fingerprint density at radius 2 is 2.10 bits per heavy atom. The van der Waals surface area contributed by atoms with Crippen LogP contribution in [0.2, 0.25) is 0 Å². The van der Waals surface area contributed by atoms with Crippen molar-refractivity contribution in [3.8, 4) is 0 Å². The number of fused-ring (bicyclic) bond motifs is 1. The standard InChI is InChI=1S/C16H22N2O2/c1-5-20-16(19)18-11-13(8-9-17(3)4)14-10-12(2)6-7-15(14)18/h6-7,10-11H,5,8-9H2,1-4H3. The van der Waals surface area contributed by atoms with Crippen molar-refractivity contribution in [2.45, 2.75) is 20.3 Å². The van der Waals surface area contributed by atoms with Gasteiger partial charge in [-0.2, -0.15) is 0 Å². The van der Waals surface area contributed by atoms with Gasteiger partial charge in [-0.25, -0.2) is 4.79 Å². The molecule has 0 aliphatic heterocycles. The van der Waals surface area contributed by atoms with E-state index in [0.29, 0.717) is 6.61 Å². The van der Waals surface area contributed by atoms with E-state index in [1.165, 1.54) is 11.1 Å². The van der Waals surface area contributed by atoms with Crippen LogP contribution in [0.3, 0.4) is 0 Å². The number of aromatic nitrogens is 1. The molecule has 20 heavy (non-hydrogen) atoms. The summed E-state index contributed by atoms with van der Waals surface area (Å²) in [6.45, 7) is 5.23. The van der Waals surface area contributed by atoms with E-state index < -0.39 is 0 Å². The second-order valence-electron chi connectivity index (χ2n) is 5.30. The van der Waals surface area contributed by atoms with Crippen LogP contribution < -0.4 is 0 Å². The molecule has 1 aromatic heterocycles. The molecule has 108 valence electrons. The van der Waals surface area contributed by atoms with Crippen molar-refractivity contribution in [2.24, 2.45) is 0 Å². The summed E-state index contributed by atoms with van der Waals surface area (Å²) in [6, 6.07) is 6.14. The van der Waals surface area contributed by atoms with Crippen molar-refractivity contribution in [3.63, 3.8) is 0 Å². The van der Waals surface area contributed by atoms with Gasteiger partial charge >= 0.3 is 6.09 Å². The predicted molar refractivity (Wildman–Crippen MR) is 81.4 cm³/mol. The first kappa shape index (κ1) is 14.6. The molecule has 0 N–H and O–H groups in total. The number of hydrogen-bond donors (Lipinski definition) is 0.